The number of guanidine groups is 1. The summed E-state index contributed by atoms with van der Waals surface area (Å²) in [7, 11) is 3.40. The lowest BCUT2D eigenvalue weighted by Gasteiger charge is -2.35. The third kappa shape index (κ3) is 5.65. The number of anilines is 1. The number of aliphatic imine (C=N–C) groups is 1. The average molecular weight is 528 g/mol. The molecule has 3 aliphatic rings. The van der Waals surface area contributed by atoms with Crippen molar-refractivity contribution < 1.29 is 9.47 Å². The van der Waals surface area contributed by atoms with E-state index in [2.05, 4.69) is 34.6 Å². The predicted octanol–water partition coefficient (Wildman–Crippen LogP) is 4.04. The highest BCUT2D eigenvalue weighted by Gasteiger charge is 2.53. The van der Waals surface area contributed by atoms with Crippen molar-refractivity contribution in [3.05, 3.63) is 18.2 Å². The summed E-state index contributed by atoms with van der Waals surface area (Å²) < 4.78 is 10.9. The first-order chi connectivity index (χ1) is 14.2. The second-order valence-electron chi connectivity index (χ2n) is 8.81. The van der Waals surface area contributed by atoms with Crippen LogP contribution in [0.15, 0.2) is 23.2 Å². The van der Waals surface area contributed by atoms with Crippen molar-refractivity contribution in [1.29, 1.82) is 0 Å². The van der Waals surface area contributed by atoms with Crippen LogP contribution < -0.4 is 25.0 Å². The molecule has 2 N–H and O–H groups in total. The van der Waals surface area contributed by atoms with E-state index in [9.17, 15) is 0 Å². The highest BCUT2D eigenvalue weighted by Crippen LogP contribution is 2.61. The van der Waals surface area contributed by atoms with Crippen LogP contribution in [0.25, 0.3) is 0 Å². The first-order valence-corrected chi connectivity index (χ1v) is 11.2. The summed E-state index contributed by atoms with van der Waals surface area (Å²) in [4.78, 5) is 7.39. The number of ether oxygens (including phenoxy) is 2. The van der Waals surface area contributed by atoms with Gasteiger partial charge in [-0.25, -0.2) is 0 Å². The Kier molecular flexibility index (Phi) is 7.98. The molecule has 7 heteroatoms. The Hall–Kier alpha value is -1.38. The second kappa shape index (κ2) is 10.3. The molecule has 0 atom stereocenters. The summed E-state index contributed by atoms with van der Waals surface area (Å²) in [6.07, 6.45) is 7.79. The minimum Gasteiger partial charge on any atom is -0.497 e. The fourth-order valence-electron chi connectivity index (χ4n) is 4.56. The Morgan fingerprint density at radius 3 is 2.20 bits per heavy atom. The van der Waals surface area contributed by atoms with Crippen LogP contribution >= 0.6 is 24.0 Å². The van der Waals surface area contributed by atoms with E-state index >= 15 is 0 Å². The van der Waals surface area contributed by atoms with E-state index in [-0.39, 0.29) is 24.0 Å². The van der Waals surface area contributed by atoms with Gasteiger partial charge in [-0.05, 0) is 56.8 Å². The van der Waals surface area contributed by atoms with Gasteiger partial charge in [-0.3, -0.25) is 4.99 Å². The summed E-state index contributed by atoms with van der Waals surface area (Å²) in [5.74, 6) is 3.63. The van der Waals surface area contributed by atoms with Gasteiger partial charge in [0.15, 0.2) is 5.96 Å². The van der Waals surface area contributed by atoms with Gasteiger partial charge in [-0.15, -0.1) is 24.0 Å². The van der Waals surface area contributed by atoms with Gasteiger partial charge in [-0.2, -0.15) is 0 Å². The molecule has 2 aliphatic carbocycles. The number of methoxy groups -OCH3 is 2. The van der Waals surface area contributed by atoms with E-state index < -0.39 is 0 Å². The molecule has 1 aromatic rings. The van der Waals surface area contributed by atoms with Crippen LogP contribution in [0.5, 0.6) is 11.5 Å². The minimum atomic E-state index is 0. The zero-order valence-corrected chi connectivity index (χ0v) is 20.9. The van der Waals surface area contributed by atoms with Gasteiger partial charge >= 0.3 is 0 Å². The zero-order valence-electron chi connectivity index (χ0n) is 18.6. The number of nitrogens with zero attached hydrogens (tertiary/aromatic N) is 2. The highest BCUT2D eigenvalue weighted by atomic mass is 127. The lowest BCUT2D eigenvalue weighted by molar-refractivity contribution is 0.393. The molecular weight excluding hydrogens is 491 g/mol. The van der Waals surface area contributed by atoms with Crippen molar-refractivity contribution in [3.63, 3.8) is 0 Å². The molecule has 1 aromatic carbocycles. The number of hydrogen-bond acceptors (Lipinski definition) is 4. The smallest absolute Gasteiger partial charge is 0.191 e. The molecule has 3 fully saturated rings. The van der Waals surface area contributed by atoms with Crippen molar-refractivity contribution in [2.75, 3.05) is 45.3 Å². The molecule has 0 unspecified atom stereocenters. The standard InChI is InChI=1S/C23H36N4O2.HI/c1-4-24-22(25-16-23(9-10-23)17-5-6-17)26-18-7-11-27(12-8-18)19-13-20(28-2)15-21(14-19)29-3;/h13-15,17-18H,4-12,16H2,1-3H3,(H2,24,25,26);1H. The Morgan fingerprint density at radius 2 is 1.70 bits per heavy atom. The molecule has 0 spiro atoms. The first kappa shape index (κ1) is 23.3. The molecule has 4 rings (SSSR count). The van der Waals surface area contributed by atoms with Crippen molar-refractivity contribution in [3.8, 4) is 11.5 Å². The molecule has 168 valence electrons. The Morgan fingerprint density at radius 1 is 1.07 bits per heavy atom. The summed E-state index contributed by atoms with van der Waals surface area (Å²) in [5, 5.41) is 7.15. The molecule has 0 radical (unpaired) electrons. The third-order valence-electron chi connectivity index (χ3n) is 6.77. The fourth-order valence-corrected chi connectivity index (χ4v) is 4.56. The molecule has 6 nitrogen and oxygen atoms in total. The topological polar surface area (TPSA) is 58.1 Å². The van der Waals surface area contributed by atoms with E-state index in [0.717, 1.165) is 62.4 Å². The summed E-state index contributed by atoms with van der Waals surface area (Å²) in [5.41, 5.74) is 1.72. The lowest BCUT2D eigenvalue weighted by Crippen LogP contribution is -2.49. The molecule has 1 aliphatic heterocycles. The summed E-state index contributed by atoms with van der Waals surface area (Å²) in [6.45, 7) is 6.07. The number of halogens is 1. The average Bonchev–Trinajstić information content (AvgIpc) is 3.66. The highest BCUT2D eigenvalue weighted by molar-refractivity contribution is 14.0. The van der Waals surface area contributed by atoms with Gasteiger partial charge in [0, 0.05) is 56.1 Å². The molecular formula is C23H37IN4O2. The molecule has 0 amide bonds. The molecule has 1 saturated heterocycles. The Bertz CT molecular complexity index is 704. The van der Waals surface area contributed by atoms with Crippen LogP contribution in [0.1, 0.15) is 45.4 Å². The van der Waals surface area contributed by atoms with Crippen LogP contribution in [0.3, 0.4) is 0 Å². The quantitative estimate of drug-likeness (QED) is 0.303. The van der Waals surface area contributed by atoms with Crippen molar-refractivity contribution in [1.82, 2.24) is 10.6 Å². The van der Waals surface area contributed by atoms with Gasteiger partial charge in [0.1, 0.15) is 11.5 Å². The third-order valence-corrected chi connectivity index (χ3v) is 6.77. The van der Waals surface area contributed by atoms with E-state index in [0.29, 0.717) is 11.5 Å². The monoisotopic (exact) mass is 528 g/mol. The molecule has 2 saturated carbocycles. The van der Waals surface area contributed by atoms with E-state index in [4.69, 9.17) is 14.5 Å². The number of nitrogens with one attached hydrogen (secondary N) is 2. The molecule has 1 heterocycles. The van der Waals surface area contributed by atoms with Crippen LogP contribution in [-0.4, -0.2) is 52.4 Å². The maximum Gasteiger partial charge on any atom is 0.191 e. The van der Waals surface area contributed by atoms with Gasteiger partial charge in [0.2, 0.25) is 0 Å². The predicted molar refractivity (Wildman–Crippen MR) is 134 cm³/mol. The zero-order chi connectivity index (χ0) is 20.3. The summed E-state index contributed by atoms with van der Waals surface area (Å²) >= 11 is 0. The van der Waals surface area contributed by atoms with E-state index in [1.165, 1.54) is 31.4 Å². The minimum absolute atomic E-state index is 0. The van der Waals surface area contributed by atoms with Crippen LogP contribution in [0.4, 0.5) is 5.69 Å². The SMILES string of the molecule is CCNC(=NCC1(C2CC2)CC1)NC1CCN(c2cc(OC)cc(OC)c2)CC1.I. The van der Waals surface area contributed by atoms with Gasteiger partial charge in [0.25, 0.3) is 0 Å². The summed E-state index contributed by atoms with van der Waals surface area (Å²) in [6, 6.07) is 6.57. The lowest BCUT2D eigenvalue weighted by atomic mass is 10.0. The number of benzene rings is 1. The maximum absolute atomic E-state index is 5.43. The van der Waals surface area contributed by atoms with Gasteiger partial charge in [0.05, 0.1) is 14.2 Å². The van der Waals surface area contributed by atoms with Crippen molar-refractivity contribution >= 4 is 35.6 Å². The Labute approximate surface area is 198 Å². The van der Waals surface area contributed by atoms with Crippen LogP contribution in [0, 0.1) is 11.3 Å². The number of piperidine rings is 1. The Balaban J connectivity index is 0.00000256. The number of rotatable bonds is 8. The van der Waals surface area contributed by atoms with Crippen molar-refractivity contribution in [2.24, 2.45) is 16.3 Å². The van der Waals surface area contributed by atoms with Crippen LogP contribution in [-0.2, 0) is 0 Å². The van der Waals surface area contributed by atoms with Crippen molar-refractivity contribution in [2.45, 2.75) is 51.5 Å². The maximum atomic E-state index is 5.43. The van der Waals surface area contributed by atoms with Crippen LogP contribution in [0.2, 0.25) is 0 Å². The fraction of sp³-hybridized carbons (Fsp3) is 0.696. The molecule has 0 bridgehead atoms. The largest absolute Gasteiger partial charge is 0.497 e. The first-order valence-electron chi connectivity index (χ1n) is 11.2. The molecule has 30 heavy (non-hydrogen) atoms. The normalized spacial score (nSPS) is 20.9. The van der Waals surface area contributed by atoms with Gasteiger partial charge < -0.3 is 25.0 Å². The van der Waals surface area contributed by atoms with Gasteiger partial charge in [-0.1, -0.05) is 0 Å². The number of hydrogen-bond donors (Lipinski definition) is 2. The second-order valence-corrected chi connectivity index (χ2v) is 8.81. The van der Waals surface area contributed by atoms with E-state index in [1.54, 1.807) is 14.2 Å². The molecule has 0 aromatic heterocycles. The van der Waals surface area contributed by atoms with E-state index in [1.807, 2.05) is 6.07 Å².